The lowest BCUT2D eigenvalue weighted by molar-refractivity contribution is 0.397. The van der Waals surface area contributed by atoms with Crippen molar-refractivity contribution in [3.8, 4) is 5.88 Å². The molecular weight excluding hydrogens is 302 g/mol. The molecule has 2 aromatic rings. The first-order chi connectivity index (χ1) is 10.2. The highest BCUT2D eigenvalue weighted by Crippen LogP contribution is 2.27. The molecule has 2 rings (SSSR count). The quantitative estimate of drug-likeness (QED) is 0.630. The number of nitrogens with one attached hydrogen (secondary N) is 1. The number of ether oxygens (including phenoxy) is 1. The number of anilines is 1. The fourth-order valence-corrected chi connectivity index (χ4v) is 2.90. The van der Waals surface area contributed by atoms with Gasteiger partial charge in [-0.25, -0.2) is 4.98 Å². The summed E-state index contributed by atoms with van der Waals surface area (Å²) in [4.78, 5) is 5.56. The van der Waals surface area contributed by atoms with Crippen LogP contribution < -0.4 is 15.8 Å². The molecule has 1 aromatic carbocycles. The van der Waals surface area contributed by atoms with Crippen molar-refractivity contribution in [3.05, 3.63) is 47.7 Å². The molecule has 0 spiro atoms. The van der Waals surface area contributed by atoms with Gasteiger partial charge in [0.15, 0.2) is 0 Å². The van der Waals surface area contributed by atoms with Gasteiger partial charge in [0, 0.05) is 35.0 Å². The fraction of sp³-hybridized carbons (Fsp3) is 0.200. The van der Waals surface area contributed by atoms with E-state index in [2.05, 4.69) is 10.3 Å². The minimum Gasteiger partial charge on any atom is -0.481 e. The molecule has 0 aliphatic heterocycles. The van der Waals surface area contributed by atoms with Crippen LogP contribution in [0.2, 0.25) is 0 Å². The van der Waals surface area contributed by atoms with Gasteiger partial charge < -0.3 is 15.8 Å². The van der Waals surface area contributed by atoms with Gasteiger partial charge >= 0.3 is 0 Å². The monoisotopic (exact) mass is 319 g/mol. The Morgan fingerprint density at radius 3 is 2.90 bits per heavy atom. The highest BCUT2D eigenvalue weighted by Gasteiger charge is 2.10. The van der Waals surface area contributed by atoms with Gasteiger partial charge in [-0.15, -0.1) is 11.8 Å². The summed E-state index contributed by atoms with van der Waals surface area (Å²) in [5, 5.41) is 3.37. The number of hydrogen-bond donors (Lipinski definition) is 2. The van der Waals surface area contributed by atoms with E-state index in [0.717, 1.165) is 21.7 Å². The number of nitrogens with two attached hydrogens (primary N) is 1. The first-order valence-electron chi connectivity index (χ1n) is 6.35. The molecule has 21 heavy (non-hydrogen) atoms. The van der Waals surface area contributed by atoms with Crippen LogP contribution in [0.1, 0.15) is 11.1 Å². The Morgan fingerprint density at radius 2 is 2.24 bits per heavy atom. The van der Waals surface area contributed by atoms with E-state index >= 15 is 0 Å². The highest BCUT2D eigenvalue weighted by molar-refractivity contribution is 7.98. The second-order valence-electron chi connectivity index (χ2n) is 4.31. The molecule has 3 N–H and O–H groups in total. The van der Waals surface area contributed by atoms with Crippen molar-refractivity contribution >= 4 is 34.7 Å². The second kappa shape index (κ2) is 7.28. The van der Waals surface area contributed by atoms with Gasteiger partial charge in [-0.3, -0.25) is 0 Å². The van der Waals surface area contributed by atoms with Crippen LogP contribution in [0.4, 0.5) is 5.69 Å². The number of rotatable bonds is 6. The summed E-state index contributed by atoms with van der Waals surface area (Å²) in [6.45, 7) is 0.645. The molecule has 0 aliphatic rings. The van der Waals surface area contributed by atoms with Gasteiger partial charge in [0.1, 0.15) is 4.99 Å². The predicted molar refractivity (Wildman–Crippen MR) is 92.2 cm³/mol. The predicted octanol–water partition coefficient (Wildman–Crippen LogP) is 3.06. The van der Waals surface area contributed by atoms with Crippen LogP contribution in [0.15, 0.2) is 41.4 Å². The van der Waals surface area contributed by atoms with E-state index in [1.54, 1.807) is 25.1 Å². The number of thiocarbonyl (C=S) groups is 1. The van der Waals surface area contributed by atoms with Gasteiger partial charge in [0.2, 0.25) is 5.88 Å². The van der Waals surface area contributed by atoms with E-state index < -0.39 is 0 Å². The Morgan fingerprint density at radius 1 is 1.43 bits per heavy atom. The Labute approximate surface area is 134 Å². The Kier molecular flexibility index (Phi) is 5.41. The van der Waals surface area contributed by atoms with Gasteiger partial charge in [0.05, 0.1) is 7.11 Å². The minimum atomic E-state index is 0.398. The van der Waals surface area contributed by atoms with Crippen LogP contribution >= 0.6 is 24.0 Å². The van der Waals surface area contributed by atoms with Crippen LogP contribution in [0.3, 0.4) is 0 Å². The van der Waals surface area contributed by atoms with Crippen LogP contribution in [0.5, 0.6) is 5.88 Å². The molecule has 110 valence electrons. The third-order valence-electron chi connectivity index (χ3n) is 2.98. The van der Waals surface area contributed by atoms with E-state index in [4.69, 9.17) is 22.7 Å². The maximum absolute atomic E-state index is 5.85. The molecule has 0 bridgehead atoms. The number of benzene rings is 1. The summed E-state index contributed by atoms with van der Waals surface area (Å²) in [6, 6.07) is 9.82. The highest BCUT2D eigenvalue weighted by atomic mass is 32.2. The Hall–Kier alpha value is -1.79. The normalized spacial score (nSPS) is 10.2. The summed E-state index contributed by atoms with van der Waals surface area (Å²) in [5.41, 5.74) is 8.75. The van der Waals surface area contributed by atoms with Crippen molar-refractivity contribution in [1.82, 2.24) is 4.98 Å². The van der Waals surface area contributed by atoms with E-state index in [0.29, 0.717) is 17.4 Å². The molecule has 0 aliphatic carbocycles. The summed E-state index contributed by atoms with van der Waals surface area (Å²) < 4.78 is 5.12. The van der Waals surface area contributed by atoms with Crippen LogP contribution in [0.25, 0.3) is 0 Å². The lowest BCUT2D eigenvalue weighted by atomic mass is 10.1. The maximum atomic E-state index is 5.85. The van der Waals surface area contributed by atoms with E-state index in [9.17, 15) is 0 Å². The third-order valence-corrected chi connectivity index (χ3v) is 3.97. The molecule has 1 aromatic heterocycles. The second-order valence-corrected chi connectivity index (χ2v) is 5.59. The van der Waals surface area contributed by atoms with Gasteiger partial charge in [-0.1, -0.05) is 18.3 Å². The standard InChI is InChI=1S/C15H17N3OS2/c1-19-13-8-10(6-7-17-13)9-18-11-4-3-5-12(21-2)14(11)15(16)20/h3-8,18H,9H2,1-2H3,(H2,16,20). The third kappa shape index (κ3) is 3.86. The first-order valence-corrected chi connectivity index (χ1v) is 7.98. The number of pyridine rings is 1. The summed E-state index contributed by atoms with van der Waals surface area (Å²) in [5.74, 6) is 0.599. The average Bonchev–Trinajstić information content (AvgIpc) is 2.52. The van der Waals surface area contributed by atoms with Crippen molar-refractivity contribution in [1.29, 1.82) is 0 Å². The van der Waals surface area contributed by atoms with Crippen molar-refractivity contribution in [2.45, 2.75) is 11.4 Å². The van der Waals surface area contributed by atoms with E-state index in [-0.39, 0.29) is 0 Å². The molecule has 1 heterocycles. The van der Waals surface area contributed by atoms with E-state index in [1.165, 1.54) is 0 Å². The Balaban J connectivity index is 2.21. The number of methoxy groups -OCH3 is 1. The van der Waals surface area contributed by atoms with Gasteiger partial charge in [0.25, 0.3) is 0 Å². The lowest BCUT2D eigenvalue weighted by Crippen LogP contribution is -2.14. The Bertz CT molecular complexity index is 647. The number of thioether (sulfide) groups is 1. The van der Waals surface area contributed by atoms with Crippen LogP contribution in [-0.4, -0.2) is 23.3 Å². The molecule has 4 nitrogen and oxygen atoms in total. The van der Waals surface area contributed by atoms with Gasteiger partial charge in [-0.05, 0) is 30.0 Å². The van der Waals surface area contributed by atoms with Crippen molar-refractivity contribution in [3.63, 3.8) is 0 Å². The fourth-order valence-electron chi connectivity index (χ4n) is 1.97. The number of aromatic nitrogens is 1. The number of hydrogen-bond acceptors (Lipinski definition) is 5. The van der Waals surface area contributed by atoms with Gasteiger partial charge in [-0.2, -0.15) is 0 Å². The number of nitrogens with zero attached hydrogens (tertiary/aromatic N) is 1. The molecule has 0 radical (unpaired) electrons. The minimum absolute atomic E-state index is 0.398. The molecule has 0 atom stereocenters. The summed E-state index contributed by atoms with van der Waals surface area (Å²) in [7, 11) is 1.60. The molecule has 0 saturated carbocycles. The summed E-state index contributed by atoms with van der Waals surface area (Å²) >= 11 is 6.80. The molecular formula is C15H17N3OS2. The zero-order valence-corrected chi connectivity index (χ0v) is 13.6. The SMILES string of the molecule is COc1cc(CNc2cccc(SC)c2C(N)=S)ccn1. The van der Waals surface area contributed by atoms with E-state index in [1.807, 2.05) is 36.6 Å². The molecule has 0 fully saturated rings. The largest absolute Gasteiger partial charge is 0.481 e. The maximum Gasteiger partial charge on any atom is 0.213 e. The first kappa shape index (κ1) is 15.6. The lowest BCUT2D eigenvalue weighted by Gasteiger charge is -2.14. The molecule has 0 amide bonds. The smallest absolute Gasteiger partial charge is 0.213 e. The topological polar surface area (TPSA) is 60.2 Å². The zero-order chi connectivity index (χ0) is 15.2. The average molecular weight is 319 g/mol. The van der Waals surface area contributed by atoms with Crippen molar-refractivity contribution in [2.75, 3.05) is 18.7 Å². The molecule has 6 heteroatoms. The summed E-state index contributed by atoms with van der Waals surface area (Å²) in [6.07, 6.45) is 3.73. The van der Waals surface area contributed by atoms with Crippen molar-refractivity contribution < 1.29 is 4.74 Å². The van der Waals surface area contributed by atoms with Crippen molar-refractivity contribution in [2.24, 2.45) is 5.73 Å². The van der Waals surface area contributed by atoms with Crippen LogP contribution in [-0.2, 0) is 6.54 Å². The zero-order valence-electron chi connectivity index (χ0n) is 11.9. The van der Waals surface area contributed by atoms with Crippen LogP contribution in [0, 0.1) is 0 Å². The molecule has 0 unspecified atom stereocenters. The molecule has 0 saturated heterocycles.